The van der Waals surface area contributed by atoms with Gasteiger partial charge in [0, 0.05) is 6.54 Å². The van der Waals surface area contributed by atoms with Gasteiger partial charge in [0.2, 0.25) is 5.91 Å². The highest BCUT2D eigenvalue weighted by Crippen LogP contribution is 2.10. The van der Waals surface area contributed by atoms with Crippen molar-refractivity contribution < 1.29 is 19.1 Å². The van der Waals surface area contributed by atoms with Crippen molar-refractivity contribution in [1.29, 1.82) is 0 Å². The van der Waals surface area contributed by atoms with Crippen LogP contribution in [0.25, 0.3) is 0 Å². The van der Waals surface area contributed by atoms with Crippen molar-refractivity contribution in [3.63, 3.8) is 0 Å². The van der Waals surface area contributed by atoms with Crippen LogP contribution in [0.2, 0.25) is 0 Å². The van der Waals surface area contributed by atoms with Crippen LogP contribution in [0.15, 0.2) is 18.2 Å². The van der Waals surface area contributed by atoms with E-state index in [9.17, 15) is 14.4 Å². The van der Waals surface area contributed by atoms with Crippen LogP contribution in [0.5, 0.6) is 0 Å². The molecule has 6 heteroatoms. The van der Waals surface area contributed by atoms with Crippen molar-refractivity contribution >= 4 is 17.8 Å². The summed E-state index contributed by atoms with van der Waals surface area (Å²) < 4.78 is 4.94. The van der Waals surface area contributed by atoms with E-state index in [0.717, 1.165) is 11.1 Å². The molecule has 2 N–H and O–H groups in total. The van der Waals surface area contributed by atoms with E-state index in [4.69, 9.17) is 4.74 Å². The molecule has 0 saturated carbocycles. The van der Waals surface area contributed by atoms with Crippen molar-refractivity contribution in [2.24, 2.45) is 0 Å². The molecule has 2 amide bonds. The zero-order valence-electron chi connectivity index (χ0n) is 13.4. The van der Waals surface area contributed by atoms with Crippen LogP contribution in [-0.2, 0) is 14.3 Å². The normalized spacial score (nSPS) is 11.5. The van der Waals surface area contributed by atoms with Gasteiger partial charge in [-0.1, -0.05) is 6.07 Å². The zero-order valence-corrected chi connectivity index (χ0v) is 13.4. The Morgan fingerprint density at radius 3 is 2.45 bits per heavy atom. The highest BCUT2D eigenvalue weighted by atomic mass is 16.5. The molecule has 0 unspecified atom stereocenters. The van der Waals surface area contributed by atoms with Crippen molar-refractivity contribution in [3.05, 3.63) is 34.9 Å². The molecule has 0 saturated heterocycles. The van der Waals surface area contributed by atoms with Crippen LogP contribution >= 0.6 is 0 Å². The SMILES string of the molecule is CCNC(=O)[C@@H](C)NC(=O)COC(=O)c1ccc(C)c(C)c1. The van der Waals surface area contributed by atoms with E-state index < -0.39 is 24.5 Å². The number of likely N-dealkylation sites (N-methyl/N-ethyl adjacent to an activating group) is 1. The fourth-order valence-corrected chi connectivity index (χ4v) is 1.76. The minimum absolute atomic E-state index is 0.281. The molecule has 0 aliphatic carbocycles. The highest BCUT2D eigenvalue weighted by molar-refractivity contribution is 5.92. The average molecular weight is 306 g/mol. The number of rotatable bonds is 6. The van der Waals surface area contributed by atoms with Gasteiger partial charge in [0.15, 0.2) is 6.61 Å². The van der Waals surface area contributed by atoms with E-state index in [0.29, 0.717) is 12.1 Å². The van der Waals surface area contributed by atoms with E-state index in [-0.39, 0.29) is 5.91 Å². The summed E-state index contributed by atoms with van der Waals surface area (Å²) in [7, 11) is 0. The van der Waals surface area contributed by atoms with Gasteiger partial charge in [-0.2, -0.15) is 0 Å². The maximum absolute atomic E-state index is 11.9. The summed E-state index contributed by atoms with van der Waals surface area (Å²) in [6, 6.07) is 4.52. The highest BCUT2D eigenvalue weighted by Gasteiger charge is 2.16. The Labute approximate surface area is 130 Å². The largest absolute Gasteiger partial charge is 0.452 e. The second kappa shape index (κ2) is 8.17. The molecular weight excluding hydrogens is 284 g/mol. The lowest BCUT2D eigenvalue weighted by Gasteiger charge is -2.13. The molecule has 1 atom stereocenters. The first-order valence-corrected chi connectivity index (χ1v) is 7.16. The smallest absolute Gasteiger partial charge is 0.338 e. The van der Waals surface area contributed by atoms with Crippen molar-refractivity contribution in [3.8, 4) is 0 Å². The molecular formula is C16H22N2O4. The third-order valence-corrected chi connectivity index (χ3v) is 3.20. The lowest BCUT2D eigenvalue weighted by Crippen LogP contribution is -2.46. The molecule has 6 nitrogen and oxygen atoms in total. The number of aryl methyl sites for hydroxylation is 2. The van der Waals surface area contributed by atoms with Crippen molar-refractivity contribution in [2.75, 3.05) is 13.2 Å². The molecule has 0 aromatic heterocycles. The molecule has 1 aromatic carbocycles. The van der Waals surface area contributed by atoms with Crippen LogP contribution in [0.1, 0.15) is 35.3 Å². The van der Waals surface area contributed by atoms with Gasteiger partial charge in [0.05, 0.1) is 5.56 Å². The minimum Gasteiger partial charge on any atom is -0.452 e. The summed E-state index contributed by atoms with van der Waals surface area (Å²) in [4.78, 5) is 35.0. The summed E-state index contributed by atoms with van der Waals surface area (Å²) >= 11 is 0. The van der Waals surface area contributed by atoms with Gasteiger partial charge >= 0.3 is 5.97 Å². The summed E-state index contributed by atoms with van der Waals surface area (Å²) in [6.07, 6.45) is 0. The quantitative estimate of drug-likeness (QED) is 0.771. The monoisotopic (exact) mass is 306 g/mol. The van der Waals surface area contributed by atoms with Gasteiger partial charge < -0.3 is 15.4 Å². The van der Waals surface area contributed by atoms with E-state index in [1.54, 1.807) is 26.0 Å². The minimum atomic E-state index is -0.673. The molecule has 22 heavy (non-hydrogen) atoms. The number of esters is 1. The molecule has 0 fully saturated rings. The van der Waals surface area contributed by atoms with E-state index in [1.807, 2.05) is 19.9 Å². The predicted molar refractivity (Wildman–Crippen MR) is 82.5 cm³/mol. The molecule has 1 aromatic rings. The number of benzene rings is 1. The van der Waals surface area contributed by atoms with Crippen LogP contribution in [0.3, 0.4) is 0 Å². The molecule has 0 spiro atoms. The molecule has 1 rings (SSSR count). The number of hydrogen-bond acceptors (Lipinski definition) is 4. The Bertz CT molecular complexity index is 569. The molecule has 0 bridgehead atoms. The first kappa shape index (κ1) is 17.7. The lowest BCUT2D eigenvalue weighted by molar-refractivity contribution is -0.130. The van der Waals surface area contributed by atoms with Gasteiger partial charge in [0.25, 0.3) is 5.91 Å². The van der Waals surface area contributed by atoms with E-state index >= 15 is 0 Å². The van der Waals surface area contributed by atoms with Gasteiger partial charge in [-0.3, -0.25) is 9.59 Å². The van der Waals surface area contributed by atoms with Crippen LogP contribution in [0, 0.1) is 13.8 Å². The fourth-order valence-electron chi connectivity index (χ4n) is 1.76. The van der Waals surface area contributed by atoms with Crippen molar-refractivity contribution in [1.82, 2.24) is 10.6 Å². The number of ether oxygens (including phenoxy) is 1. The number of nitrogens with one attached hydrogen (secondary N) is 2. The third-order valence-electron chi connectivity index (χ3n) is 3.20. The summed E-state index contributed by atoms with van der Waals surface area (Å²) in [5, 5.41) is 5.06. The predicted octanol–water partition coefficient (Wildman–Crippen LogP) is 1.10. The molecule has 0 aliphatic heterocycles. The lowest BCUT2D eigenvalue weighted by atomic mass is 10.1. The van der Waals surface area contributed by atoms with Crippen LogP contribution < -0.4 is 10.6 Å². The molecule has 0 radical (unpaired) electrons. The summed E-state index contributed by atoms with van der Waals surface area (Å²) in [6.45, 7) is 7.26. The standard InChI is InChI=1S/C16H22N2O4/c1-5-17-15(20)12(4)18-14(19)9-22-16(21)13-7-6-10(2)11(3)8-13/h6-8,12H,5,9H2,1-4H3,(H,17,20)(H,18,19)/t12-/m1/s1. The molecule has 0 heterocycles. The summed E-state index contributed by atoms with van der Waals surface area (Å²) in [5.41, 5.74) is 2.45. The Kier molecular flexibility index (Phi) is 6.56. The number of carbonyl (C=O) groups is 3. The van der Waals surface area contributed by atoms with E-state index in [2.05, 4.69) is 10.6 Å². The maximum atomic E-state index is 11.9. The van der Waals surface area contributed by atoms with Gasteiger partial charge in [-0.15, -0.1) is 0 Å². The molecule has 120 valence electrons. The Hall–Kier alpha value is -2.37. The Morgan fingerprint density at radius 2 is 1.86 bits per heavy atom. The van der Waals surface area contributed by atoms with Crippen molar-refractivity contribution in [2.45, 2.75) is 33.7 Å². The summed E-state index contributed by atoms with van der Waals surface area (Å²) in [5.74, 6) is -1.36. The Balaban J connectivity index is 2.48. The van der Waals surface area contributed by atoms with Gasteiger partial charge in [-0.05, 0) is 51.0 Å². The fraction of sp³-hybridized carbons (Fsp3) is 0.438. The maximum Gasteiger partial charge on any atom is 0.338 e. The van der Waals surface area contributed by atoms with Crippen LogP contribution in [0.4, 0.5) is 0 Å². The van der Waals surface area contributed by atoms with E-state index in [1.165, 1.54) is 0 Å². The van der Waals surface area contributed by atoms with Gasteiger partial charge in [-0.25, -0.2) is 4.79 Å². The number of amides is 2. The number of hydrogen-bond donors (Lipinski definition) is 2. The zero-order chi connectivity index (χ0) is 16.7. The number of carbonyl (C=O) groups excluding carboxylic acids is 3. The van der Waals surface area contributed by atoms with Crippen LogP contribution in [-0.4, -0.2) is 37.0 Å². The first-order valence-electron chi connectivity index (χ1n) is 7.16. The van der Waals surface area contributed by atoms with Gasteiger partial charge in [0.1, 0.15) is 6.04 Å². The second-order valence-corrected chi connectivity index (χ2v) is 5.06. The topological polar surface area (TPSA) is 84.5 Å². The Morgan fingerprint density at radius 1 is 1.18 bits per heavy atom. The third kappa shape index (κ3) is 5.20. The second-order valence-electron chi connectivity index (χ2n) is 5.06. The molecule has 0 aliphatic rings. The first-order chi connectivity index (χ1) is 10.3. The average Bonchev–Trinajstić information content (AvgIpc) is 2.47.